The van der Waals surface area contributed by atoms with Gasteiger partial charge < -0.3 is 10.2 Å². The Balaban J connectivity index is 2.46. The minimum Gasteiger partial charge on any atom is -0.395 e. The normalized spacial score (nSPS) is 23.7. The van der Waals surface area contributed by atoms with Gasteiger partial charge in [0.05, 0.1) is 46.8 Å². The number of nitrogens with zero attached hydrogens (tertiary/aromatic N) is 2. The van der Waals surface area contributed by atoms with Crippen molar-refractivity contribution in [3.05, 3.63) is 29.8 Å². The van der Waals surface area contributed by atoms with Crippen molar-refractivity contribution in [2.75, 3.05) is 24.7 Å². The molecule has 2 atom stereocenters. The maximum Gasteiger partial charge on any atom is 0.243 e. The van der Waals surface area contributed by atoms with Gasteiger partial charge in [-0.2, -0.15) is 9.57 Å². The van der Waals surface area contributed by atoms with Gasteiger partial charge in [-0.1, -0.05) is 6.07 Å². The van der Waals surface area contributed by atoms with Crippen LogP contribution in [0.3, 0.4) is 0 Å². The number of sulfone groups is 1. The summed E-state index contributed by atoms with van der Waals surface area (Å²) >= 11 is 0. The van der Waals surface area contributed by atoms with E-state index in [4.69, 9.17) is 10.4 Å². The average molecular weight is 360 g/mol. The van der Waals surface area contributed by atoms with Crippen LogP contribution in [0.2, 0.25) is 0 Å². The molecule has 0 aromatic heterocycles. The lowest BCUT2D eigenvalue weighted by molar-refractivity contribution is 0.117. The molecule has 1 heterocycles. The highest BCUT2D eigenvalue weighted by atomic mass is 32.2. The van der Waals surface area contributed by atoms with E-state index in [2.05, 4.69) is 0 Å². The summed E-state index contributed by atoms with van der Waals surface area (Å²) in [6, 6.07) is 5.92. The van der Waals surface area contributed by atoms with Gasteiger partial charge in [-0.3, -0.25) is 0 Å². The second-order valence-corrected chi connectivity index (χ2v) is 9.23. The SMILES string of the molecule is N#Cc1cccc(S(=O)(=O)N(CCO)[C@@H]2CS(=O)(=O)C[C@H]2O)c1. The summed E-state index contributed by atoms with van der Waals surface area (Å²) in [4.78, 5) is -0.193. The molecule has 0 spiro atoms. The van der Waals surface area contributed by atoms with Gasteiger partial charge in [-0.25, -0.2) is 16.8 Å². The Hall–Kier alpha value is -1.51. The number of hydrogen-bond donors (Lipinski definition) is 2. The van der Waals surface area contributed by atoms with Gasteiger partial charge >= 0.3 is 0 Å². The molecule has 1 saturated heterocycles. The maximum atomic E-state index is 12.7. The van der Waals surface area contributed by atoms with Gasteiger partial charge in [0.15, 0.2) is 9.84 Å². The van der Waals surface area contributed by atoms with E-state index in [1.807, 2.05) is 6.07 Å². The molecule has 2 N–H and O–H groups in total. The highest BCUT2D eigenvalue weighted by Gasteiger charge is 2.44. The van der Waals surface area contributed by atoms with Gasteiger partial charge in [0, 0.05) is 6.54 Å². The van der Waals surface area contributed by atoms with Gasteiger partial charge in [0.2, 0.25) is 10.0 Å². The summed E-state index contributed by atoms with van der Waals surface area (Å²) in [6.07, 6.45) is -1.36. The Morgan fingerprint density at radius 1 is 1.35 bits per heavy atom. The molecule has 1 aliphatic heterocycles. The first-order valence-electron chi connectivity index (χ1n) is 6.72. The van der Waals surface area contributed by atoms with E-state index in [0.29, 0.717) is 0 Å². The molecular weight excluding hydrogens is 344 g/mol. The van der Waals surface area contributed by atoms with E-state index >= 15 is 0 Å². The maximum absolute atomic E-state index is 12.7. The first-order chi connectivity index (χ1) is 10.7. The topological polar surface area (TPSA) is 136 Å². The van der Waals surface area contributed by atoms with Crippen LogP contribution in [-0.2, 0) is 19.9 Å². The van der Waals surface area contributed by atoms with E-state index in [1.165, 1.54) is 18.2 Å². The van der Waals surface area contributed by atoms with Crippen molar-refractivity contribution in [1.82, 2.24) is 4.31 Å². The number of aliphatic hydroxyl groups is 2. The molecule has 0 aliphatic carbocycles. The van der Waals surface area contributed by atoms with E-state index in [9.17, 15) is 21.9 Å². The lowest BCUT2D eigenvalue weighted by Crippen LogP contribution is -2.47. The van der Waals surface area contributed by atoms with Crippen LogP contribution in [0.1, 0.15) is 5.56 Å². The summed E-state index contributed by atoms with van der Waals surface area (Å²) in [7, 11) is -7.72. The Labute approximate surface area is 134 Å². The van der Waals surface area contributed by atoms with Gasteiger partial charge in [-0.05, 0) is 18.2 Å². The smallest absolute Gasteiger partial charge is 0.243 e. The van der Waals surface area contributed by atoms with Crippen molar-refractivity contribution in [2.24, 2.45) is 0 Å². The number of rotatable bonds is 5. The number of sulfonamides is 1. The zero-order valence-electron chi connectivity index (χ0n) is 12.0. The standard InChI is InChI=1S/C13H16N2O6S2/c14-7-10-2-1-3-11(6-10)23(20,21)15(4-5-16)12-8-22(18,19)9-13(12)17/h1-3,6,12-13,16-17H,4-5,8-9H2/t12-,13-/m1/s1. The fourth-order valence-corrected chi connectivity index (χ4v) is 6.10. The molecule has 0 unspecified atom stereocenters. The summed E-state index contributed by atoms with van der Waals surface area (Å²) in [5.74, 6) is -1.03. The van der Waals surface area contributed by atoms with Gasteiger partial charge in [0.25, 0.3) is 0 Å². The van der Waals surface area contributed by atoms with Crippen LogP contribution in [-0.4, -0.2) is 68.2 Å². The van der Waals surface area contributed by atoms with Crippen molar-refractivity contribution in [3.63, 3.8) is 0 Å². The Kier molecular flexibility index (Phi) is 5.07. The molecule has 2 rings (SSSR count). The number of aliphatic hydroxyl groups excluding tert-OH is 2. The molecule has 1 fully saturated rings. The highest BCUT2D eigenvalue weighted by molar-refractivity contribution is 7.92. The molecule has 126 valence electrons. The molecule has 10 heteroatoms. The van der Waals surface area contributed by atoms with Crippen molar-refractivity contribution >= 4 is 19.9 Å². The van der Waals surface area contributed by atoms with E-state index in [0.717, 1.165) is 10.4 Å². The average Bonchev–Trinajstić information content (AvgIpc) is 2.77. The third-order valence-corrected chi connectivity index (χ3v) is 7.17. The molecule has 8 nitrogen and oxygen atoms in total. The fraction of sp³-hybridized carbons (Fsp3) is 0.462. The molecule has 0 amide bonds. The molecule has 0 bridgehead atoms. The first kappa shape index (κ1) is 17.8. The molecule has 1 aromatic rings. The van der Waals surface area contributed by atoms with Crippen molar-refractivity contribution < 1.29 is 27.0 Å². The lowest BCUT2D eigenvalue weighted by Gasteiger charge is -2.28. The fourth-order valence-electron chi connectivity index (χ4n) is 2.51. The second-order valence-electron chi connectivity index (χ2n) is 5.19. The molecule has 23 heavy (non-hydrogen) atoms. The van der Waals surface area contributed by atoms with Crippen LogP contribution in [0.25, 0.3) is 0 Å². The predicted molar refractivity (Wildman–Crippen MR) is 80.6 cm³/mol. The predicted octanol–water partition coefficient (Wildman–Crippen LogP) is -1.30. The highest BCUT2D eigenvalue weighted by Crippen LogP contribution is 2.25. The molecule has 1 aliphatic rings. The van der Waals surface area contributed by atoms with Crippen LogP contribution in [0.4, 0.5) is 0 Å². The van der Waals surface area contributed by atoms with Crippen LogP contribution >= 0.6 is 0 Å². The van der Waals surface area contributed by atoms with Crippen LogP contribution in [0.15, 0.2) is 29.2 Å². The van der Waals surface area contributed by atoms with E-state index in [-0.39, 0.29) is 17.0 Å². The Morgan fingerprint density at radius 3 is 2.57 bits per heavy atom. The van der Waals surface area contributed by atoms with E-state index in [1.54, 1.807) is 0 Å². The largest absolute Gasteiger partial charge is 0.395 e. The van der Waals surface area contributed by atoms with Gasteiger partial charge in [0.1, 0.15) is 0 Å². The zero-order chi connectivity index (χ0) is 17.3. The minimum atomic E-state index is -4.16. The summed E-state index contributed by atoms with van der Waals surface area (Å²) in [6.45, 7) is -0.878. The van der Waals surface area contributed by atoms with Gasteiger partial charge in [-0.15, -0.1) is 0 Å². The van der Waals surface area contributed by atoms with Crippen molar-refractivity contribution in [1.29, 1.82) is 5.26 Å². The summed E-state index contributed by atoms with van der Waals surface area (Å²) in [5.41, 5.74) is 0.134. The Morgan fingerprint density at radius 2 is 2.04 bits per heavy atom. The van der Waals surface area contributed by atoms with Crippen LogP contribution < -0.4 is 0 Å². The number of benzene rings is 1. The molecule has 0 radical (unpaired) electrons. The Bertz CT molecular complexity index is 828. The van der Waals surface area contributed by atoms with Crippen LogP contribution in [0, 0.1) is 11.3 Å². The summed E-state index contributed by atoms with van der Waals surface area (Å²) in [5, 5.41) is 27.9. The third-order valence-electron chi connectivity index (χ3n) is 3.55. The minimum absolute atomic E-state index is 0.134. The van der Waals surface area contributed by atoms with Crippen molar-refractivity contribution in [2.45, 2.75) is 17.0 Å². The monoisotopic (exact) mass is 360 g/mol. The quantitative estimate of drug-likeness (QED) is 0.666. The van der Waals surface area contributed by atoms with Crippen LogP contribution in [0.5, 0.6) is 0 Å². The molecule has 0 saturated carbocycles. The zero-order valence-corrected chi connectivity index (χ0v) is 13.7. The van der Waals surface area contributed by atoms with Crippen molar-refractivity contribution in [3.8, 4) is 6.07 Å². The van der Waals surface area contributed by atoms with E-state index < -0.39 is 50.1 Å². The summed E-state index contributed by atoms with van der Waals surface area (Å²) < 4.78 is 49.5. The number of hydrogen-bond acceptors (Lipinski definition) is 7. The molecular formula is C13H16N2O6S2. The molecule has 1 aromatic carbocycles. The number of nitriles is 1. The third kappa shape index (κ3) is 3.70. The second kappa shape index (κ2) is 6.54. The first-order valence-corrected chi connectivity index (χ1v) is 9.99. The lowest BCUT2D eigenvalue weighted by atomic mass is 10.2.